The van der Waals surface area contributed by atoms with Crippen molar-refractivity contribution in [3.8, 4) is 0 Å². The Kier molecular flexibility index (Phi) is 6.15. The molecular weight excluding hydrogens is 386 g/mol. The van der Waals surface area contributed by atoms with E-state index in [1.165, 1.54) is 5.56 Å². The number of nitrogens with one attached hydrogen (secondary N) is 2. The summed E-state index contributed by atoms with van der Waals surface area (Å²) in [6, 6.07) is 18.7. The number of nitrogens with zero attached hydrogens (tertiary/aromatic N) is 1. The zero-order chi connectivity index (χ0) is 22.0. The van der Waals surface area contributed by atoms with E-state index in [2.05, 4.69) is 34.6 Å². The van der Waals surface area contributed by atoms with E-state index < -0.39 is 0 Å². The molecule has 0 bridgehead atoms. The molecule has 2 aromatic carbocycles. The lowest BCUT2D eigenvalue weighted by Gasteiger charge is -2.25. The van der Waals surface area contributed by atoms with Crippen LogP contribution >= 0.6 is 0 Å². The standard InChI is InChI=1S/C26H33N3O2/c1-26(20-7-5-4-6-8-20)16-23(26)25(31)27-17-22(29(2)3)15-18-9-11-19(12-10-18)24(30)28-21-13-14-21/h4-12,21-23H,13-17H2,1-3H3,(H,27,31)(H,28,30)/t22-,23-,26+/m0/s1. The van der Waals surface area contributed by atoms with Gasteiger partial charge in [-0.25, -0.2) is 0 Å². The van der Waals surface area contributed by atoms with E-state index >= 15 is 0 Å². The summed E-state index contributed by atoms with van der Waals surface area (Å²) in [5.41, 5.74) is 3.07. The van der Waals surface area contributed by atoms with Crippen LogP contribution in [-0.2, 0) is 16.6 Å². The maximum atomic E-state index is 12.8. The van der Waals surface area contributed by atoms with Crippen molar-refractivity contribution in [1.29, 1.82) is 0 Å². The van der Waals surface area contributed by atoms with Crippen molar-refractivity contribution in [2.45, 2.75) is 50.1 Å². The number of amides is 2. The molecule has 0 unspecified atom stereocenters. The summed E-state index contributed by atoms with van der Waals surface area (Å²) in [6.45, 7) is 2.79. The van der Waals surface area contributed by atoms with Gasteiger partial charge in [0.15, 0.2) is 0 Å². The Morgan fingerprint density at radius 2 is 1.74 bits per heavy atom. The first kappa shape index (κ1) is 21.6. The Morgan fingerprint density at radius 3 is 2.35 bits per heavy atom. The molecule has 0 aliphatic heterocycles. The number of hydrogen-bond acceptors (Lipinski definition) is 3. The van der Waals surface area contributed by atoms with E-state index in [9.17, 15) is 9.59 Å². The number of carbonyl (C=O) groups is 2. The topological polar surface area (TPSA) is 61.4 Å². The van der Waals surface area contributed by atoms with Crippen LogP contribution in [0.5, 0.6) is 0 Å². The van der Waals surface area contributed by atoms with Gasteiger partial charge in [-0.3, -0.25) is 9.59 Å². The van der Waals surface area contributed by atoms with Gasteiger partial charge in [-0.1, -0.05) is 49.4 Å². The van der Waals surface area contributed by atoms with Crippen LogP contribution in [0.25, 0.3) is 0 Å². The summed E-state index contributed by atoms with van der Waals surface area (Å²) in [7, 11) is 4.08. The van der Waals surface area contributed by atoms with Gasteiger partial charge in [-0.15, -0.1) is 0 Å². The molecule has 2 amide bonds. The van der Waals surface area contributed by atoms with Crippen molar-refractivity contribution in [3.05, 3.63) is 71.3 Å². The van der Waals surface area contributed by atoms with Crippen LogP contribution in [0.4, 0.5) is 0 Å². The number of carbonyl (C=O) groups excluding carboxylic acids is 2. The highest BCUT2D eigenvalue weighted by Crippen LogP contribution is 2.53. The van der Waals surface area contributed by atoms with Gasteiger partial charge in [-0.05, 0) is 63.0 Å². The van der Waals surface area contributed by atoms with Crippen LogP contribution in [0.3, 0.4) is 0 Å². The van der Waals surface area contributed by atoms with E-state index in [1.807, 2.05) is 56.6 Å². The summed E-state index contributed by atoms with van der Waals surface area (Å²) in [4.78, 5) is 27.1. The summed E-state index contributed by atoms with van der Waals surface area (Å²) in [6.07, 6.45) is 3.90. The molecule has 2 aliphatic carbocycles. The lowest BCUT2D eigenvalue weighted by atomic mass is 9.95. The fraction of sp³-hybridized carbons (Fsp3) is 0.462. The van der Waals surface area contributed by atoms with E-state index in [0.717, 1.165) is 31.2 Å². The summed E-state index contributed by atoms with van der Waals surface area (Å²) >= 11 is 0. The summed E-state index contributed by atoms with van der Waals surface area (Å²) in [5, 5.41) is 6.21. The molecule has 2 saturated carbocycles. The number of likely N-dealkylation sites (N-methyl/N-ethyl adjacent to an activating group) is 1. The van der Waals surface area contributed by atoms with Crippen molar-refractivity contribution in [2.75, 3.05) is 20.6 Å². The largest absolute Gasteiger partial charge is 0.354 e. The third-order valence-corrected chi connectivity index (χ3v) is 6.83. The van der Waals surface area contributed by atoms with E-state index in [-0.39, 0.29) is 29.2 Å². The maximum Gasteiger partial charge on any atom is 0.251 e. The second kappa shape index (κ2) is 8.83. The Hall–Kier alpha value is -2.66. The van der Waals surface area contributed by atoms with E-state index in [4.69, 9.17) is 0 Å². The second-order valence-electron chi connectivity index (χ2n) is 9.55. The van der Waals surface area contributed by atoms with Crippen LogP contribution in [0, 0.1) is 5.92 Å². The quantitative estimate of drug-likeness (QED) is 0.656. The molecule has 2 fully saturated rings. The van der Waals surface area contributed by atoms with Gasteiger partial charge in [0.05, 0.1) is 0 Å². The number of rotatable bonds is 9. The predicted octanol–water partition coefficient (Wildman–Crippen LogP) is 3.15. The van der Waals surface area contributed by atoms with Gasteiger partial charge in [-0.2, -0.15) is 0 Å². The Labute approximate surface area is 185 Å². The maximum absolute atomic E-state index is 12.8. The van der Waals surface area contributed by atoms with Crippen molar-refractivity contribution in [1.82, 2.24) is 15.5 Å². The molecule has 3 atom stereocenters. The third-order valence-electron chi connectivity index (χ3n) is 6.83. The highest BCUT2D eigenvalue weighted by Gasteiger charge is 2.55. The molecule has 5 heteroatoms. The molecule has 0 radical (unpaired) electrons. The number of benzene rings is 2. The first-order chi connectivity index (χ1) is 14.9. The van der Waals surface area contributed by atoms with E-state index in [1.54, 1.807) is 0 Å². The average molecular weight is 420 g/mol. The molecule has 0 spiro atoms. The fourth-order valence-corrected chi connectivity index (χ4v) is 4.22. The minimum absolute atomic E-state index is 0.0105. The molecule has 2 aliphatic rings. The Morgan fingerprint density at radius 1 is 1.06 bits per heavy atom. The first-order valence-corrected chi connectivity index (χ1v) is 11.3. The van der Waals surface area contributed by atoms with Gasteiger partial charge in [0.2, 0.25) is 5.91 Å². The van der Waals surface area contributed by atoms with Crippen molar-refractivity contribution >= 4 is 11.8 Å². The molecule has 4 rings (SSSR count). The van der Waals surface area contributed by atoms with E-state index in [0.29, 0.717) is 18.2 Å². The minimum Gasteiger partial charge on any atom is -0.354 e. The lowest BCUT2D eigenvalue weighted by Crippen LogP contribution is -2.42. The zero-order valence-corrected chi connectivity index (χ0v) is 18.7. The van der Waals surface area contributed by atoms with Gasteiger partial charge in [0.25, 0.3) is 5.91 Å². The van der Waals surface area contributed by atoms with Crippen molar-refractivity contribution in [2.24, 2.45) is 5.92 Å². The zero-order valence-electron chi connectivity index (χ0n) is 18.7. The molecule has 0 aromatic heterocycles. The first-order valence-electron chi connectivity index (χ1n) is 11.3. The molecule has 0 heterocycles. The fourth-order valence-electron chi connectivity index (χ4n) is 4.22. The predicted molar refractivity (Wildman–Crippen MR) is 123 cm³/mol. The van der Waals surface area contributed by atoms with Crippen LogP contribution in [0.1, 0.15) is 47.7 Å². The van der Waals surface area contributed by atoms with Gasteiger partial charge < -0.3 is 15.5 Å². The summed E-state index contributed by atoms with van der Waals surface area (Å²) < 4.78 is 0. The highest BCUT2D eigenvalue weighted by molar-refractivity contribution is 5.94. The van der Waals surface area contributed by atoms with Crippen LogP contribution in [-0.4, -0.2) is 49.4 Å². The van der Waals surface area contributed by atoms with Crippen LogP contribution in [0.2, 0.25) is 0 Å². The molecule has 164 valence electrons. The van der Waals surface area contributed by atoms with Gasteiger partial charge >= 0.3 is 0 Å². The van der Waals surface area contributed by atoms with Crippen molar-refractivity contribution < 1.29 is 9.59 Å². The molecule has 2 aromatic rings. The lowest BCUT2D eigenvalue weighted by molar-refractivity contribution is -0.122. The third kappa shape index (κ3) is 5.16. The van der Waals surface area contributed by atoms with Gasteiger partial charge in [0, 0.05) is 35.5 Å². The molecule has 2 N–H and O–H groups in total. The Balaban J connectivity index is 1.30. The van der Waals surface area contributed by atoms with Crippen LogP contribution in [0.15, 0.2) is 54.6 Å². The monoisotopic (exact) mass is 419 g/mol. The normalized spacial score (nSPS) is 23.3. The number of hydrogen-bond donors (Lipinski definition) is 2. The average Bonchev–Trinajstić information content (AvgIpc) is 3.69. The summed E-state index contributed by atoms with van der Waals surface area (Å²) in [5.74, 6) is 0.198. The van der Waals surface area contributed by atoms with Crippen LogP contribution < -0.4 is 10.6 Å². The molecule has 5 nitrogen and oxygen atoms in total. The van der Waals surface area contributed by atoms with Crippen molar-refractivity contribution in [3.63, 3.8) is 0 Å². The SMILES string of the molecule is CN(C)[C@H](CNC(=O)[C@@H]1C[C@]1(C)c1ccccc1)Cc1ccc(C(=O)NC2CC2)cc1. The highest BCUT2D eigenvalue weighted by atomic mass is 16.2. The second-order valence-corrected chi connectivity index (χ2v) is 9.55. The Bertz CT molecular complexity index is 921. The van der Waals surface area contributed by atoms with Gasteiger partial charge in [0.1, 0.15) is 0 Å². The molecule has 31 heavy (non-hydrogen) atoms. The molecular formula is C26H33N3O2. The smallest absolute Gasteiger partial charge is 0.251 e. The molecule has 0 saturated heterocycles. The minimum atomic E-state index is -0.0458.